The molecule has 1 atom stereocenters. The highest BCUT2D eigenvalue weighted by Gasteiger charge is 2.13. The maximum atomic E-state index is 12.5. The summed E-state index contributed by atoms with van der Waals surface area (Å²) in [6.07, 6.45) is 4.93. The summed E-state index contributed by atoms with van der Waals surface area (Å²) in [6, 6.07) is 0. The van der Waals surface area contributed by atoms with E-state index >= 15 is 0 Å². The fourth-order valence-corrected chi connectivity index (χ4v) is 2.76. The molecule has 2 heterocycles. The second kappa shape index (κ2) is 5.30. The van der Waals surface area contributed by atoms with Crippen LogP contribution in [0.2, 0.25) is 0 Å². The maximum Gasteiger partial charge on any atom is 0.222 e. The second-order valence-corrected chi connectivity index (χ2v) is 4.84. The maximum absolute atomic E-state index is 12.5. The van der Waals surface area contributed by atoms with Crippen LogP contribution in [0.5, 0.6) is 0 Å². The average molecular weight is 227 g/mol. The fourth-order valence-electron chi connectivity index (χ4n) is 1.61. The number of rotatable bonds is 3. The zero-order chi connectivity index (χ0) is 10.5. The van der Waals surface area contributed by atoms with Gasteiger partial charge in [0.15, 0.2) is 5.82 Å². The molecular formula is C10H14FN3S. The third-order valence-electron chi connectivity index (χ3n) is 2.42. The molecule has 1 aliphatic heterocycles. The lowest BCUT2D eigenvalue weighted by molar-refractivity contribution is 0.546. The van der Waals surface area contributed by atoms with Gasteiger partial charge < -0.3 is 5.32 Å². The molecule has 1 aliphatic rings. The van der Waals surface area contributed by atoms with E-state index in [0.29, 0.717) is 11.9 Å². The largest absolute Gasteiger partial charge is 0.354 e. The summed E-state index contributed by atoms with van der Waals surface area (Å²) >= 11 is 2.00. The molecule has 3 nitrogen and oxygen atoms in total. The van der Waals surface area contributed by atoms with Gasteiger partial charge in [0, 0.05) is 6.54 Å². The molecule has 1 aromatic heterocycles. The quantitative estimate of drug-likeness (QED) is 0.858. The lowest BCUT2D eigenvalue weighted by Gasteiger charge is -2.21. The molecule has 0 saturated carbocycles. The Bertz CT molecular complexity index is 298. The van der Waals surface area contributed by atoms with E-state index in [0.717, 1.165) is 6.54 Å². The highest BCUT2D eigenvalue weighted by atomic mass is 32.2. The molecule has 82 valence electrons. The minimum absolute atomic E-state index is 0.395. The second-order valence-electron chi connectivity index (χ2n) is 3.69. The summed E-state index contributed by atoms with van der Waals surface area (Å²) in [6.45, 7) is 0.888. The predicted octanol–water partition coefficient (Wildman–Crippen LogP) is 2.17. The number of halogens is 1. The van der Waals surface area contributed by atoms with Crippen molar-refractivity contribution in [2.45, 2.75) is 12.8 Å². The molecule has 0 unspecified atom stereocenters. The zero-order valence-corrected chi connectivity index (χ0v) is 9.26. The van der Waals surface area contributed by atoms with E-state index in [2.05, 4.69) is 15.3 Å². The molecule has 1 saturated heterocycles. The Labute approximate surface area is 92.9 Å². The topological polar surface area (TPSA) is 37.8 Å². The molecule has 1 fully saturated rings. The van der Waals surface area contributed by atoms with E-state index < -0.39 is 5.82 Å². The molecule has 0 aromatic carbocycles. The molecule has 5 heteroatoms. The zero-order valence-electron chi connectivity index (χ0n) is 8.45. The summed E-state index contributed by atoms with van der Waals surface area (Å²) < 4.78 is 12.5. The van der Waals surface area contributed by atoms with Crippen LogP contribution in [0.25, 0.3) is 0 Å². The fraction of sp³-hybridized carbons (Fsp3) is 0.600. The van der Waals surface area contributed by atoms with Crippen molar-refractivity contribution in [3.8, 4) is 0 Å². The van der Waals surface area contributed by atoms with Crippen molar-refractivity contribution in [2.75, 3.05) is 23.4 Å². The Kier molecular flexibility index (Phi) is 3.77. The van der Waals surface area contributed by atoms with Crippen LogP contribution in [-0.2, 0) is 0 Å². The summed E-state index contributed by atoms with van der Waals surface area (Å²) in [7, 11) is 0. The van der Waals surface area contributed by atoms with Gasteiger partial charge in [-0.25, -0.2) is 14.4 Å². The molecule has 0 radical (unpaired) electrons. The predicted molar refractivity (Wildman–Crippen MR) is 60.5 cm³/mol. The van der Waals surface area contributed by atoms with Gasteiger partial charge in [-0.1, -0.05) is 0 Å². The normalized spacial score (nSPS) is 21.3. The Morgan fingerprint density at radius 1 is 1.47 bits per heavy atom. The summed E-state index contributed by atoms with van der Waals surface area (Å²) in [5.74, 6) is 3.30. The monoisotopic (exact) mass is 227 g/mol. The van der Waals surface area contributed by atoms with Gasteiger partial charge in [-0.05, 0) is 30.3 Å². The van der Waals surface area contributed by atoms with E-state index in [1.807, 2.05) is 11.8 Å². The van der Waals surface area contributed by atoms with Crippen molar-refractivity contribution in [2.24, 2.45) is 5.92 Å². The standard InChI is InChI=1S/C10H14FN3S/c11-9-5-13-10(14-6-9)12-4-8-2-1-3-15-7-8/h5-6,8H,1-4,7H2,(H,12,13,14)/t8-/m0/s1. The molecule has 2 rings (SSSR count). The van der Waals surface area contributed by atoms with Gasteiger partial charge in [-0.15, -0.1) is 0 Å². The Morgan fingerprint density at radius 2 is 2.27 bits per heavy atom. The van der Waals surface area contributed by atoms with Crippen molar-refractivity contribution in [1.82, 2.24) is 9.97 Å². The molecule has 15 heavy (non-hydrogen) atoms. The Morgan fingerprint density at radius 3 is 2.93 bits per heavy atom. The van der Waals surface area contributed by atoms with E-state index in [4.69, 9.17) is 0 Å². The van der Waals surface area contributed by atoms with Gasteiger partial charge in [0.2, 0.25) is 5.95 Å². The smallest absolute Gasteiger partial charge is 0.222 e. The Hall–Kier alpha value is -0.840. The minimum Gasteiger partial charge on any atom is -0.354 e. The SMILES string of the molecule is Fc1cnc(NC[C@@H]2CCCSC2)nc1. The van der Waals surface area contributed by atoms with Crippen LogP contribution in [0, 0.1) is 11.7 Å². The van der Waals surface area contributed by atoms with Crippen LogP contribution in [0.1, 0.15) is 12.8 Å². The Balaban J connectivity index is 1.79. The third-order valence-corrected chi connectivity index (χ3v) is 3.71. The highest BCUT2D eigenvalue weighted by molar-refractivity contribution is 7.99. The van der Waals surface area contributed by atoms with Gasteiger partial charge >= 0.3 is 0 Å². The van der Waals surface area contributed by atoms with E-state index in [1.165, 1.54) is 36.7 Å². The van der Waals surface area contributed by atoms with E-state index in [-0.39, 0.29) is 0 Å². The number of nitrogens with one attached hydrogen (secondary N) is 1. The first-order valence-corrected chi connectivity index (χ1v) is 6.29. The van der Waals surface area contributed by atoms with Gasteiger partial charge in [0.25, 0.3) is 0 Å². The number of anilines is 1. The molecule has 0 bridgehead atoms. The van der Waals surface area contributed by atoms with Crippen LogP contribution >= 0.6 is 11.8 Å². The van der Waals surface area contributed by atoms with Gasteiger partial charge in [0.05, 0.1) is 12.4 Å². The van der Waals surface area contributed by atoms with Crippen LogP contribution < -0.4 is 5.32 Å². The summed E-state index contributed by atoms with van der Waals surface area (Å²) in [5, 5.41) is 3.14. The summed E-state index contributed by atoms with van der Waals surface area (Å²) in [5.41, 5.74) is 0. The van der Waals surface area contributed by atoms with Gasteiger partial charge in [0.1, 0.15) is 0 Å². The first-order chi connectivity index (χ1) is 7.34. The van der Waals surface area contributed by atoms with Gasteiger partial charge in [-0.2, -0.15) is 11.8 Å². The van der Waals surface area contributed by atoms with Crippen LogP contribution in [0.4, 0.5) is 10.3 Å². The number of hydrogen-bond acceptors (Lipinski definition) is 4. The van der Waals surface area contributed by atoms with E-state index in [9.17, 15) is 4.39 Å². The molecular weight excluding hydrogens is 213 g/mol. The molecule has 0 aliphatic carbocycles. The first-order valence-electron chi connectivity index (χ1n) is 5.14. The van der Waals surface area contributed by atoms with Crippen molar-refractivity contribution < 1.29 is 4.39 Å². The molecule has 0 amide bonds. The third kappa shape index (κ3) is 3.34. The van der Waals surface area contributed by atoms with Crippen molar-refractivity contribution in [3.63, 3.8) is 0 Å². The number of nitrogens with zero attached hydrogens (tertiary/aromatic N) is 2. The number of aromatic nitrogens is 2. The summed E-state index contributed by atoms with van der Waals surface area (Å²) in [4.78, 5) is 7.72. The lowest BCUT2D eigenvalue weighted by atomic mass is 10.1. The van der Waals surface area contributed by atoms with Gasteiger partial charge in [-0.3, -0.25) is 0 Å². The average Bonchev–Trinajstić information content (AvgIpc) is 2.30. The van der Waals surface area contributed by atoms with Crippen molar-refractivity contribution in [1.29, 1.82) is 0 Å². The molecule has 1 aromatic rings. The van der Waals surface area contributed by atoms with Crippen molar-refractivity contribution >= 4 is 17.7 Å². The number of thioether (sulfide) groups is 1. The lowest BCUT2D eigenvalue weighted by Crippen LogP contribution is -2.20. The number of hydrogen-bond donors (Lipinski definition) is 1. The molecule has 0 spiro atoms. The van der Waals surface area contributed by atoms with Crippen molar-refractivity contribution in [3.05, 3.63) is 18.2 Å². The molecule has 1 N–H and O–H groups in total. The van der Waals surface area contributed by atoms with Crippen LogP contribution in [0.15, 0.2) is 12.4 Å². The van der Waals surface area contributed by atoms with E-state index in [1.54, 1.807) is 0 Å². The first kappa shape index (κ1) is 10.7. The van der Waals surface area contributed by atoms with Crippen LogP contribution in [-0.4, -0.2) is 28.0 Å². The van der Waals surface area contributed by atoms with Crippen LogP contribution in [0.3, 0.4) is 0 Å². The highest BCUT2D eigenvalue weighted by Crippen LogP contribution is 2.22. The minimum atomic E-state index is -0.395.